The lowest BCUT2D eigenvalue weighted by Gasteiger charge is -2.31. The Hall–Kier alpha value is -2.71. The van der Waals surface area contributed by atoms with E-state index in [9.17, 15) is 18.6 Å². The molecule has 2 N–H and O–H groups in total. The maximum Gasteiger partial charge on any atom is 0.243 e. The maximum atomic E-state index is 13.2. The molecule has 0 aliphatic heterocycles. The first-order valence-corrected chi connectivity index (χ1v) is 13.7. The summed E-state index contributed by atoms with van der Waals surface area (Å²) >= 11 is 6.01. The average Bonchev–Trinajstić information content (AvgIpc) is 2.82. The fraction of sp³-hybridized carbons (Fsp3) is 0.423. The number of nitrogens with one attached hydrogen (secondary N) is 2. The van der Waals surface area contributed by atoms with Crippen molar-refractivity contribution in [1.29, 1.82) is 0 Å². The Morgan fingerprint density at radius 2 is 1.63 bits per heavy atom. The number of halogens is 1. The molecule has 2 aromatic carbocycles. The van der Waals surface area contributed by atoms with E-state index in [-0.39, 0.29) is 23.5 Å². The van der Waals surface area contributed by atoms with Gasteiger partial charge in [-0.2, -0.15) is 0 Å². The number of carbonyl (C=O) groups excluding carboxylic acids is 3. The summed E-state index contributed by atoms with van der Waals surface area (Å²) < 4.78 is 12.7. The summed E-state index contributed by atoms with van der Waals surface area (Å²) in [5.41, 5.74) is 2.13. The highest BCUT2D eigenvalue weighted by atomic mass is 35.5. The average molecular weight is 518 g/mol. The molecular formula is C26H32ClN3O4S. The lowest BCUT2D eigenvalue weighted by atomic mass is 9.95. The molecule has 9 heteroatoms. The SMILES string of the molecule is Cc1ccc(NC(=O)CS(=O)CC(=O)N(c2ccc(Cl)cc2)C(C)C(=O)NC2CCCCC2)cc1. The van der Waals surface area contributed by atoms with E-state index >= 15 is 0 Å². The zero-order valence-electron chi connectivity index (χ0n) is 20.1. The van der Waals surface area contributed by atoms with E-state index in [0.717, 1.165) is 31.2 Å². The molecule has 3 amide bonds. The van der Waals surface area contributed by atoms with Crippen molar-refractivity contribution in [3.8, 4) is 0 Å². The first-order valence-electron chi connectivity index (χ1n) is 11.8. The van der Waals surface area contributed by atoms with Crippen LogP contribution in [0, 0.1) is 6.92 Å². The summed E-state index contributed by atoms with van der Waals surface area (Å²) in [6.45, 7) is 3.59. The van der Waals surface area contributed by atoms with Crippen molar-refractivity contribution in [2.45, 2.75) is 58.0 Å². The molecule has 0 bridgehead atoms. The number of hydrogen-bond acceptors (Lipinski definition) is 4. The quantitative estimate of drug-likeness (QED) is 0.521. The van der Waals surface area contributed by atoms with Crippen LogP contribution in [0.5, 0.6) is 0 Å². The fourth-order valence-electron chi connectivity index (χ4n) is 4.11. The van der Waals surface area contributed by atoms with Crippen molar-refractivity contribution < 1.29 is 18.6 Å². The summed E-state index contributed by atoms with van der Waals surface area (Å²) in [5.74, 6) is -1.91. The Labute approximate surface area is 214 Å². The summed E-state index contributed by atoms with van der Waals surface area (Å²) in [6, 6.07) is 13.1. The molecule has 1 aliphatic carbocycles. The molecule has 2 atom stereocenters. The van der Waals surface area contributed by atoms with Gasteiger partial charge in [0.2, 0.25) is 17.7 Å². The number of hydrogen-bond donors (Lipinski definition) is 2. The van der Waals surface area contributed by atoms with E-state index in [0.29, 0.717) is 16.4 Å². The molecule has 1 aliphatic rings. The van der Waals surface area contributed by atoms with E-state index in [1.807, 2.05) is 19.1 Å². The van der Waals surface area contributed by atoms with Crippen molar-refractivity contribution in [3.05, 3.63) is 59.1 Å². The van der Waals surface area contributed by atoms with Gasteiger partial charge in [-0.15, -0.1) is 0 Å². The number of benzene rings is 2. The Kier molecular flexibility index (Phi) is 9.86. The number of nitrogens with zero attached hydrogens (tertiary/aromatic N) is 1. The van der Waals surface area contributed by atoms with Gasteiger partial charge < -0.3 is 10.6 Å². The monoisotopic (exact) mass is 517 g/mol. The van der Waals surface area contributed by atoms with Crippen LogP contribution in [0.3, 0.4) is 0 Å². The third-order valence-corrected chi connectivity index (χ3v) is 7.41. The molecule has 0 aromatic heterocycles. The van der Waals surface area contributed by atoms with Crippen molar-refractivity contribution in [2.75, 3.05) is 21.7 Å². The smallest absolute Gasteiger partial charge is 0.243 e. The van der Waals surface area contributed by atoms with Gasteiger partial charge in [0.15, 0.2) is 0 Å². The van der Waals surface area contributed by atoms with Crippen molar-refractivity contribution in [2.24, 2.45) is 0 Å². The molecule has 35 heavy (non-hydrogen) atoms. The van der Waals surface area contributed by atoms with E-state index in [1.165, 1.54) is 11.3 Å². The number of aryl methyl sites for hydroxylation is 1. The summed E-state index contributed by atoms with van der Waals surface area (Å²) in [6.07, 6.45) is 5.16. The Bertz CT molecular complexity index is 1050. The van der Waals surface area contributed by atoms with Gasteiger partial charge in [-0.3, -0.25) is 23.5 Å². The van der Waals surface area contributed by atoms with Crippen LogP contribution < -0.4 is 15.5 Å². The predicted molar refractivity (Wildman–Crippen MR) is 141 cm³/mol. The molecule has 2 unspecified atom stereocenters. The fourth-order valence-corrected chi connectivity index (χ4v) is 5.12. The zero-order valence-corrected chi connectivity index (χ0v) is 21.7. The molecule has 1 saturated carbocycles. The van der Waals surface area contributed by atoms with E-state index < -0.39 is 28.7 Å². The minimum Gasteiger partial charge on any atom is -0.352 e. The number of amides is 3. The summed E-state index contributed by atoms with van der Waals surface area (Å²) in [7, 11) is -1.75. The molecule has 188 valence electrons. The Balaban J connectivity index is 1.66. The van der Waals surface area contributed by atoms with E-state index in [2.05, 4.69) is 10.6 Å². The second kappa shape index (κ2) is 12.8. The van der Waals surface area contributed by atoms with Crippen LogP contribution in [0.15, 0.2) is 48.5 Å². The van der Waals surface area contributed by atoms with Gasteiger partial charge in [0.1, 0.15) is 17.5 Å². The first kappa shape index (κ1) is 26.9. The Morgan fingerprint density at radius 3 is 2.26 bits per heavy atom. The van der Waals surface area contributed by atoms with Gasteiger partial charge in [-0.1, -0.05) is 48.6 Å². The predicted octanol–water partition coefficient (Wildman–Crippen LogP) is 4.21. The van der Waals surface area contributed by atoms with Gasteiger partial charge in [0.25, 0.3) is 0 Å². The normalized spacial score (nSPS) is 15.6. The van der Waals surface area contributed by atoms with Crippen LogP contribution in [-0.4, -0.2) is 45.5 Å². The van der Waals surface area contributed by atoms with Crippen molar-refractivity contribution in [3.63, 3.8) is 0 Å². The van der Waals surface area contributed by atoms with Gasteiger partial charge in [-0.25, -0.2) is 0 Å². The van der Waals surface area contributed by atoms with Crippen LogP contribution >= 0.6 is 11.6 Å². The standard InChI is InChI=1S/C26H32ClN3O4S/c1-18-8-12-22(13-9-18)28-24(31)16-35(34)17-25(32)30(23-14-10-20(27)11-15-23)19(2)26(33)29-21-6-4-3-5-7-21/h8-15,19,21H,3-7,16-17H2,1-2H3,(H,28,31)(H,29,33). The topological polar surface area (TPSA) is 95.6 Å². The van der Waals surface area contributed by atoms with Crippen LogP contribution in [0.2, 0.25) is 5.02 Å². The highest BCUT2D eigenvalue weighted by Gasteiger charge is 2.30. The minimum absolute atomic E-state index is 0.0977. The van der Waals surface area contributed by atoms with Crippen molar-refractivity contribution >= 4 is 51.5 Å². The lowest BCUT2D eigenvalue weighted by Crippen LogP contribution is -2.52. The van der Waals surface area contributed by atoms with Gasteiger partial charge >= 0.3 is 0 Å². The highest BCUT2D eigenvalue weighted by molar-refractivity contribution is 7.86. The molecular weight excluding hydrogens is 486 g/mol. The molecule has 7 nitrogen and oxygen atoms in total. The van der Waals surface area contributed by atoms with Crippen LogP contribution in [0.4, 0.5) is 11.4 Å². The number of anilines is 2. The molecule has 0 heterocycles. The second-order valence-electron chi connectivity index (χ2n) is 8.90. The van der Waals surface area contributed by atoms with Gasteiger partial charge in [0.05, 0.1) is 0 Å². The minimum atomic E-state index is -1.75. The van der Waals surface area contributed by atoms with Crippen LogP contribution in [-0.2, 0) is 25.2 Å². The van der Waals surface area contributed by atoms with Crippen LogP contribution in [0.25, 0.3) is 0 Å². The molecule has 0 radical (unpaired) electrons. The second-order valence-corrected chi connectivity index (χ2v) is 10.8. The summed E-state index contributed by atoms with van der Waals surface area (Å²) in [5, 5.41) is 6.24. The zero-order chi connectivity index (χ0) is 25.4. The van der Waals surface area contributed by atoms with Gasteiger partial charge in [-0.05, 0) is 63.1 Å². The lowest BCUT2D eigenvalue weighted by molar-refractivity contribution is -0.126. The van der Waals surface area contributed by atoms with Crippen LogP contribution in [0.1, 0.15) is 44.6 Å². The summed E-state index contributed by atoms with van der Waals surface area (Å²) in [4.78, 5) is 39.9. The molecule has 0 saturated heterocycles. The van der Waals surface area contributed by atoms with E-state index in [1.54, 1.807) is 43.3 Å². The molecule has 2 aromatic rings. The highest BCUT2D eigenvalue weighted by Crippen LogP contribution is 2.22. The molecule has 0 spiro atoms. The third-order valence-electron chi connectivity index (χ3n) is 6.00. The number of carbonyl (C=O) groups is 3. The molecule has 1 fully saturated rings. The van der Waals surface area contributed by atoms with Gasteiger partial charge in [0, 0.05) is 33.2 Å². The van der Waals surface area contributed by atoms with Crippen molar-refractivity contribution in [1.82, 2.24) is 5.32 Å². The maximum absolute atomic E-state index is 13.2. The largest absolute Gasteiger partial charge is 0.352 e. The molecule has 3 rings (SSSR count). The third kappa shape index (κ3) is 8.18. The number of rotatable bonds is 9. The Morgan fingerprint density at radius 1 is 1.00 bits per heavy atom. The van der Waals surface area contributed by atoms with E-state index in [4.69, 9.17) is 11.6 Å². The first-order chi connectivity index (χ1) is 16.7.